The lowest BCUT2D eigenvalue weighted by atomic mass is 10.3. The van der Waals surface area contributed by atoms with Crippen LogP contribution in [-0.4, -0.2) is 44.1 Å². The molecule has 0 aromatic carbocycles. The highest BCUT2D eigenvalue weighted by Gasteiger charge is 2.02. The van der Waals surface area contributed by atoms with Gasteiger partial charge < -0.3 is 16.0 Å². The molecule has 0 fully saturated rings. The smallest absolute Gasteiger partial charge is 0.188 e. The predicted octanol–water partition coefficient (Wildman–Crippen LogP) is 0.251. The summed E-state index contributed by atoms with van der Waals surface area (Å²) in [4.78, 5) is 6.27. The summed E-state index contributed by atoms with van der Waals surface area (Å²) in [5.74, 6) is 0.552. The lowest BCUT2D eigenvalue weighted by molar-refractivity contribution is 0.369. The Labute approximate surface area is 81.2 Å². The van der Waals surface area contributed by atoms with Crippen LogP contribution in [0.2, 0.25) is 0 Å². The van der Waals surface area contributed by atoms with Crippen molar-refractivity contribution in [2.75, 3.05) is 27.2 Å². The van der Waals surface area contributed by atoms with E-state index in [9.17, 15) is 0 Å². The highest BCUT2D eigenvalue weighted by molar-refractivity contribution is 5.78. The minimum Gasteiger partial charge on any atom is -0.370 e. The normalized spacial score (nSPS) is 14.7. The molecule has 0 saturated heterocycles. The summed E-state index contributed by atoms with van der Waals surface area (Å²) in [6.07, 6.45) is 1.03. The molecule has 0 radical (unpaired) electrons. The Bertz CT molecular complexity index is 154. The summed E-state index contributed by atoms with van der Waals surface area (Å²) >= 11 is 0. The van der Waals surface area contributed by atoms with E-state index in [0.717, 1.165) is 19.5 Å². The molecular weight excluding hydrogens is 164 g/mol. The molecule has 1 unspecified atom stereocenters. The SMILES string of the molecule is CCCN=C(N)NC(C)CN(C)C. The molecular formula is C9H22N4. The summed E-state index contributed by atoms with van der Waals surface area (Å²) in [5.41, 5.74) is 5.66. The number of guanidine groups is 1. The zero-order valence-electron chi connectivity index (χ0n) is 9.17. The molecule has 1 atom stereocenters. The minimum atomic E-state index is 0.343. The number of nitrogens with zero attached hydrogens (tertiary/aromatic N) is 2. The number of rotatable bonds is 5. The molecule has 0 bridgehead atoms. The lowest BCUT2D eigenvalue weighted by Gasteiger charge is -2.18. The predicted molar refractivity (Wildman–Crippen MR) is 57.9 cm³/mol. The molecule has 3 N–H and O–H groups in total. The highest BCUT2D eigenvalue weighted by Crippen LogP contribution is 1.84. The molecule has 0 aliphatic heterocycles. The van der Waals surface area contributed by atoms with Crippen molar-refractivity contribution < 1.29 is 0 Å². The van der Waals surface area contributed by atoms with E-state index >= 15 is 0 Å². The van der Waals surface area contributed by atoms with E-state index in [1.807, 2.05) is 14.1 Å². The summed E-state index contributed by atoms with van der Waals surface area (Å²) < 4.78 is 0. The summed E-state index contributed by atoms with van der Waals surface area (Å²) in [6, 6.07) is 0.343. The molecule has 78 valence electrons. The van der Waals surface area contributed by atoms with Gasteiger partial charge in [-0.3, -0.25) is 4.99 Å². The zero-order valence-corrected chi connectivity index (χ0v) is 9.17. The maximum absolute atomic E-state index is 5.66. The average molecular weight is 186 g/mol. The van der Waals surface area contributed by atoms with Crippen LogP contribution in [0, 0.1) is 0 Å². The largest absolute Gasteiger partial charge is 0.370 e. The molecule has 0 amide bonds. The van der Waals surface area contributed by atoms with E-state index in [2.05, 4.69) is 29.1 Å². The molecule has 0 aromatic heterocycles. The zero-order chi connectivity index (χ0) is 10.3. The molecule has 0 aromatic rings. The average Bonchev–Trinajstić information content (AvgIpc) is 1.98. The first-order chi connectivity index (χ1) is 6.06. The van der Waals surface area contributed by atoms with Gasteiger partial charge in [0.05, 0.1) is 0 Å². The van der Waals surface area contributed by atoms with E-state index < -0.39 is 0 Å². The van der Waals surface area contributed by atoms with Crippen molar-refractivity contribution in [3.63, 3.8) is 0 Å². The maximum Gasteiger partial charge on any atom is 0.188 e. The van der Waals surface area contributed by atoms with Crippen molar-refractivity contribution in [3.8, 4) is 0 Å². The van der Waals surface area contributed by atoms with E-state index in [0.29, 0.717) is 12.0 Å². The second-order valence-electron chi connectivity index (χ2n) is 3.57. The van der Waals surface area contributed by atoms with Crippen molar-refractivity contribution in [2.24, 2.45) is 10.7 Å². The van der Waals surface area contributed by atoms with Crippen LogP contribution in [0.5, 0.6) is 0 Å². The first-order valence-electron chi connectivity index (χ1n) is 4.77. The van der Waals surface area contributed by atoms with E-state index in [4.69, 9.17) is 5.73 Å². The Kier molecular flexibility index (Phi) is 6.32. The van der Waals surface area contributed by atoms with E-state index in [-0.39, 0.29) is 0 Å². The fourth-order valence-electron chi connectivity index (χ4n) is 1.12. The molecule has 4 nitrogen and oxygen atoms in total. The van der Waals surface area contributed by atoms with Gasteiger partial charge >= 0.3 is 0 Å². The van der Waals surface area contributed by atoms with Crippen LogP contribution in [0.3, 0.4) is 0 Å². The number of aliphatic imine (C=N–C) groups is 1. The molecule has 0 saturated carbocycles. The summed E-state index contributed by atoms with van der Waals surface area (Å²) in [7, 11) is 4.08. The van der Waals surface area contributed by atoms with Crippen molar-refractivity contribution in [3.05, 3.63) is 0 Å². The molecule has 0 aliphatic carbocycles. The highest BCUT2D eigenvalue weighted by atomic mass is 15.2. The quantitative estimate of drug-likeness (QED) is 0.478. The number of likely N-dealkylation sites (N-methyl/N-ethyl adjacent to an activating group) is 1. The molecule has 0 spiro atoms. The van der Waals surface area contributed by atoms with Crippen LogP contribution in [0.1, 0.15) is 20.3 Å². The van der Waals surface area contributed by atoms with Gasteiger partial charge in [-0.2, -0.15) is 0 Å². The first kappa shape index (κ1) is 12.2. The van der Waals surface area contributed by atoms with Crippen LogP contribution in [0.25, 0.3) is 0 Å². The molecule has 0 aliphatic rings. The second-order valence-corrected chi connectivity index (χ2v) is 3.57. The number of hydrogen-bond donors (Lipinski definition) is 2. The molecule has 0 rings (SSSR count). The van der Waals surface area contributed by atoms with Gasteiger partial charge in [-0.25, -0.2) is 0 Å². The third-order valence-corrected chi connectivity index (χ3v) is 1.54. The van der Waals surface area contributed by atoms with Crippen LogP contribution in [-0.2, 0) is 0 Å². The molecule has 0 heterocycles. The van der Waals surface area contributed by atoms with Gasteiger partial charge in [0.25, 0.3) is 0 Å². The summed E-state index contributed by atoms with van der Waals surface area (Å²) in [5, 5.41) is 3.13. The Morgan fingerprint density at radius 1 is 1.54 bits per heavy atom. The van der Waals surface area contributed by atoms with Crippen molar-refractivity contribution in [2.45, 2.75) is 26.3 Å². The van der Waals surface area contributed by atoms with Crippen LogP contribution in [0.4, 0.5) is 0 Å². The van der Waals surface area contributed by atoms with Crippen molar-refractivity contribution in [1.82, 2.24) is 10.2 Å². The van der Waals surface area contributed by atoms with Gasteiger partial charge in [-0.05, 0) is 27.4 Å². The Morgan fingerprint density at radius 3 is 2.62 bits per heavy atom. The minimum absolute atomic E-state index is 0.343. The van der Waals surface area contributed by atoms with Crippen molar-refractivity contribution in [1.29, 1.82) is 0 Å². The summed E-state index contributed by atoms with van der Waals surface area (Å²) in [6.45, 7) is 5.93. The number of hydrogen-bond acceptors (Lipinski definition) is 2. The van der Waals surface area contributed by atoms with Gasteiger partial charge in [-0.15, -0.1) is 0 Å². The first-order valence-corrected chi connectivity index (χ1v) is 4.77. The topological polar surface area (TPSA) is 53.6 Å². The van der Waals surface area contributed by atoms with Crippen molar-refractivity contribution >= 4 is 5.96 Å². The number of nitrogens with one attached hydrogen (secondary N) is 1. The van der Waals surface area contributed by atoms with Gasteiger partial charge in [0.2, 0.25) is 0 Å². The van der Waals surface area contributed by atoms with Crippen LogP contribution in [0.15, 0.2) is 4.99 Å². The number of nitrogens with two attached hydrogens (primary N) is 1. The third-order valence-electron chi connectivity index (χ3n) is 1.54. The van der Waals surface area contributed by atoms with Gasteiger partial charge in [-0.1, -0.05) is 6.92 Å². The molecule has 4 heteroatoms. The fraction of sp³-hybridized carbons (Fsp3) is 0.889. The third kappa shape index (κ3) is 7.59. The Hall–Kier alpha value is -0.770. The van der Waals surface area contributed by atoms with Crippen LogP contribution < -0.4 is 11.1 Å². The second kappa shape index (κ2) is 6.71. The standard InChI is InChI=1S/C9H22N4/c1-5-6-11-9(10)12-8(2)7-13(3)4/h8H,5-7H2,1-4H3,(H3,10,11,12). The van der Waals surface area contributed by atoms with E-state index in [1.54, 1.807) is 0 Å². The van der Waals surface area contributed by atoms with Crippen LogP contribution >= 0.6 is 0 Å². The Morgan fingerprint density at radius 2 is 2.15 bits per heavy atom. The lowest BCUT2D eigenvalue weighted by Crippen LogP contribution is -2.43. The monoisotopic (exact) mass is 186 g/mol. The van der Waals surface area contributed by atoms with E-state index in [1.165, 1.54) is 0 Å². The van der Waals surface area contributed by atoms with Gasteiger partial charge in [0.1, 0.15) is 0 Å². The fourth-order valence-corrected chi connectivity index (χ4v) is 1.12. The van der Waals surface area contributed by atoms with Gasteiger partial charge in [0.15, 0.2) is 5.96 Å². The Balaban J connectivity index is 3.70. The maximum atomic E-state index is 5.66. The molecule has 13 heavy (non-hydrogen) atoms. The van der Waals surface area contributed by atoms with Gasteiger partial charge in [0, 0.05) is 19.1 Å².